The molecule has 0 bridgehead atoms. The predicted octanol–water partition coefficient (Wildman–Crippen LogP) is 4.05. The quantitative estimate of drug-likeness (QED) is 0.518. The van der Waals surface area contributed by atoms with E-state index in [-0.39, 0.29) is 5.91 Å². The summed E-state index contributed by atoms with van der Waals surface area (Å²) in [5.74, 6) is 0.242. The minimum Gasteiger partial charge on any atom is -0.352 e. The largest absolute Gasteiger partial charge is 0.352 e. The maximum absolute atomic E-state index is 12.4. The van der Waals surface area contributed by atoms with Crippen molar-refractivity contribution < 1.29 is 9.59 Å². The Kier molecular flexibility index (Phi) is 8.72. The van der Waals surface area contributed by atoms with E-state index in [1.807, 2.05) is 16.2 Å². The van der Waals surface area contributed by atoms with Crippen molar-refractivity contribution in [2.45, 2.75) is 32.2 Å². The highest BCUT2D eigenvalue weighted by molar-refractivity contribution is 9.10. The highest BCUT2D eigenvalue weighted by atomic mass is 79.9. The summed E-state index contributed by atoms with van der Waals surface area (Å²) in [6.45, 7) is 4.95. The summed E-state index contributed by atoms with van der Waals surface area (Å²) < 4.78 is 1.09. The van der Waals surface area contributed by atoms with Gasteiger partial charge in [0.1, 0.15) is 0 Å². The van der Waals surface area contributed by atoms with E-state index in [4.69, 9.17) is 5.73 Å². The van der Waals surface area contributed by atoms with E-state index in [0.29, 0.717) is 13.0 Å². The third-order valence-electron chi connectivity index (χ3n) is 5.26. The molecule has 1 aromatic heterocycles. The first kappa shape index (κ1) is 22.8. The topological polar surface area (TPSA) is 78.7 Å². The molecule has 30 heavy (non-hydrogen) atoms. The van der Waals surface area contributed by atoms with Crippen molar-refractivity contribution in [2.24, 2.45) is 5.73 Å². The van der Waals surface area contributed by atoms with Crippen LogP contribution < -0.4 is 11.1 Å². The number of carbonyl (C=O) groups is 2. The number of hydrogen-bond donors (Lipinski definition) is 2. The van der Waals surface area contributed by atoms with Crippen LogP contribution in [0.15, 0.2) is 40.9 Å². The molecule has 3 amide bonds. The second-order valence-electron chi connectivity index (χ2n) is 7.53. The fourth-order valence-electron chi connectivity index (χ4n) is 3.56. The molecule has 2 aromatic rings. The highest BCUT2D eigenvalue weighted by Gasteiger charge is 2.21. The van der Waals surface area contributed by atoms with Gasteiger partial charge in [-0.15, -0.1) is 11.3 Å². The number of nitrogens with two attached hydrogens (primary N) is 1. The smallest absolute Gasteiger partial charge is 0.312 e. The molecule has 2 heterocycles. The van der Waals surface area contributed by atoms with Crippen LogP contribution in [0, 0.1) is 0 Å². The molecule has 3 N–H and O–H groups in total. The number of urea groups is 1. The zero-order valence-corrected chi connectivity index (χ0v) is 19.5. The number of hydrogen-bond acceptors (Lipinski definition) is 4. The summed E-state index contributed by atoms with van der Waals surface area (Å²) in [5.41, 5.74) is 6.28. The minimum absolute atomic E-state index is 0.242. The molecule has 1 saturated heterocycles. The molecule has 3 rings (SSSR count). The van der Waals surface area contributed by atoms with Gasteiger partial charge in [0.25, 0.3) is 0 Å². The Bertz CT molecular complexity index is 832. The first-order valence-electron chi connectivity index (χ1n) is 10.4. The molecule has 0 aliphatic carbocycles. The molecule has 0 saturated carbocycles. The minimum atomic E-state index is -0.490. The van der Waals surface area contributed by atoms with Crippen LogP contribution in [0.2, 0.25) is 0 Å². The molecule has 162 valence electrons. The van der Waals surface area contributed by atoms with E-state index in [2.05, 4.69) is 62.5 Å². The van der Waals surface area contributed by atoms with Crippen molar-refractivity contribution in [1.82, 2.24) is 15.1 Å². The first-order chi connectivity index (χ1) is 14.5. The van der Waals surface area contributed by atoms with Gasteiger partial charge in [0, 0.05) is 59.9 Å². The Morgan fingerprint density at radius 3 is 2.43 bits per heavy atom. The van der Waals surface area contributed by atoms with Crippen molar-refractivity contribution in [2.75, 3.05) is 32.7 Å². The van der Waals surface area contributed by atoms with Gasteiger partial charge in [-0.05, 0) is 42.7 Å². The number of piperazine rings is 1. The maximum Gasteiger partial charge on any atom is 0.312 e. The Hall–Kier alpha value is -1.90. The number of primary amides is 1. The summed E-state index contributed by atoms with van der Waals surface area (Å²) in [6, 6.07) is 12.3. The van der Waals surface area contributed by atoms with Crippen LogP contribution in [0.3, 0.4) is 0 Å². The summed E-state index contributed by atoms with van der Waals surface area (Å²) in [4.78, 5) is 30.1. The van der Waals surface area contributed by atoms with Gasteiger partial charge in [-0.2, -0.15) is 0 Å². The van der Waals surface area contributed by atoms with Gasteiger partial charge < -0.3 is 16.0 Å². The van der Waals surface area contributed by atoms with E-state index >= 15 is 0 Å². The average molecular weight is 493 g/mol. The first-order valence-corrected chi connectivity index (χ1v) is 12.0. The monoisotopic (exact) mass is 492 g/mol. The molecule has 1 aliphatic heterocycles. The number of nitrogens with zero attached hydrogens (tertiary/aromatic N) is 2. The Labute approximate surface area is 190 Å². The molecule has 0 unspecified atom stereocenters. The number of amides is 3. The normalized spacial score (nSPS) is 14.6. The summed E-state index contributed by atoms with van der Waals surface area (Å²) >= 11 is 5.32. The lowest BCUT2D eigenvalue weighted by Gasteiger charge is -2.34. The number of benzene rings is 1. The van der Waals surface area contributed by atoms with E-state index in [1.165, 1.54) is 15.3 Å². The molecule has 1 aliphatic rings. The summed E-state index contributed by atoms with van der Waals surface area (Å²) in [6.07, 6.45) is 3.21. The van der Waals surface area contributed by atoms with Crippen molar-refractivity contribution in [3.05, 3.63) is 45.7 Å². The van der Waals surface area contributed by atoms with Gasteiger partial charge in [0.05, 0.1) is 0 Å². The van der Waals surface area contributed by atoms with Crippen molar-refractivity contribution in [3.8, 4) is 10.4 Å². The number of carbonyl (C=O) groups excluding carboxylic acids is 2. The third-order valence-corrected chi connectivity index (χ3v) is 6.91. The fraction of sp³-hybridized carbons (Fsp3) is 0.455. The number of unbranched alkanes of at least 4 members (excludes halogenated alkanes) is 2. The van der Waals surface area contributed by atoms with Crippen LogP contribution in [0.1, 0.15) is 30.6 Å². The molecular formula is C22H29BrN4O2S. The van der Waals surface area contributed by atoms with Crippen LogP contribution in [-0.2, 0) is 11.3 Å². The lowest BCUT2D eigenvalue weighted by atomic mass is 10.1. The second-order valence-corrected chi connectivity index (χ2v) is 9.62. The van der Waals surface area contributed by atoms with Gasteiger partial charge in [0.15, 0.2) is 0 Å². The van der Waals surface area contributed by atoms with Crippen LogP contribution in [0.25, 0.3) is 10.4 Å². The lowest BCUT2D eigenvalue weighted by molar-refractivity contribution is -0.133. The van der Waals surface area contributed by atoms with E-state index in [0.717, 1.165) is 56.5 Å². The van der Waals surface area contributed by atoms with Gasteiger partial charge in [-0.3, -0.25) is 9.69 Å². The summed E-state index contributed by atoms with van der Waals surface area (Å²) in [7, 11) is 0. The second kappa shape index (κ2) is 11.5. The molecule has 0 radical (unpaired) electrons. The van der Waals surface area contributed by atoms with Crippen LogP contribution in [-0.4, -0.2) is 54.5 Å². The molecule has 1 aromatic carbocycles. The maximum atomic E-state index is 12.4. The third kappa shape index (κ3) is 7.11. The van der Waals surface area contributed by atoms with Crippen molar-refractivity contribution in [3.63, 3.8) is 0 Å². The zero-order valence-electron chi connectivity index (χ0n) is 17.1. The van der Waals surface area contributed by atoms with Crippen molar-refractivity contribution in [1.29, 1.82) is 0 Å². The molecule has 1 fully saturated rings. The number of rotatable bonds is 9. The number of halogens is 1. The van der Waals surface area contributed by atoms with Gasteiger partial charge >= 0.3 is 6.03 Å². The highest BCUT2D eigenvalue weighted by Crippen LogP contribution is 2.30. The SMILES string of the molecule is NC(=O)NCCCCCC(=O)N1CCN(Cc2ccc(-c3ccc(Br)cc3)s2)CC1. The van der Waals surface area contributed by atoms with Gasteiger partial charge in [0.2, 0.25) is 5.91 Å². The van der Waals surface area contributed by atoms with Crippen LogP contribution >= 0.6 is 27.3 Å². The Morgan fingerprint density at radius 2 is 1.73 bits per heavy atom. The number of thiophene rings is 1. The van der Waals surface area contributed by atoms with E-state index in [9.17, 15) is 9.59 Å². The van der Waals surface area contributed by atoms with E-state index < -0.39 is 6.03 Å². The van der Waals surface area contributed by atoms with Gasteiger partial charge in [-0.1, -0.05) is 34.5 Å². The Morgan fingerprint density at radius 1 is 1.00 bits per heavy atom. The van der Waals surface area contributed by atoms with Gasteiger partial charge in [-0.25, -0.2) is 4.79 Å². The van der Waals surface area contributed by atoms with Crippen molar-refractivity contribution >= 4 is 39.2 Å². The lowest BCUT2D eigenvalue weighted by Crippen LogP contribution is -2.48. The molecule has 6 nitrogen and oxygen atoms in total. The standard InChI is InChI=1S/C22H29BrN4O2S/c23-18-7-5-17(6-8-18)20-10-9-19(30-20)16-26-12-14-27(15-13-26)21(28)4-2-1-3-11-25-22(24)29/h5-10H,1-4,11-16H2,(H3,24,25,29). The molecule has 8 heteroatoms. The molecule has 0 spiro atoms. The predicted molar refractivity (Wildman–Crippen MR) is 125 cm³/mol. The average Bonchev–Trinajstić information content (AvgIpc) is 3.19. The number of nitrogens with one attached hydrogen (secondary N) is 1. The Balaban J connectivity index is 1.36. The fourth-order valence-corrected chi connectivity index (χ4v) is 4.88. The van der Waals surface area contributed by atoms with Crippen LogP contribution in [0.5, 0.6) is 0 Å². The molecule has 0 atom stereocenters. The van der Waals surface area contributed by atoms with Crippen LogP contribution in [0.4, 0.5) is 4.79 Å². The molecular weight excluding hydrogens is 464 g/mol. The summed E-state index contributed by atoms with van der Waals surface area (Å²) in [5, 5.41) is 2.57. The zero-order chi connectivity index (χ0) is 21.3. The van der Waals surface area contributed by atoms with E-state index in [1.54, 1.807) is 0 Å².